The number of hydrogen-bond acceptors (Lipinski definition) is 5. The van der Waals surface area contributed by atoms with Crippen LogP contribution in [0.25, 0.3) is 0 Å². The maximum atomic E-state index is 12.4. The Hall–Kier alpha value is -1.09. The minimum Gasteiger partial charge on any atom is -0.352 e. The third-order valence-corrected chi connectivity index (χ3v) is 5.73. The van der Waals surface area contributed by atoms with Gasteiger partial charge in [-0.15, -0.1) is 24.8 Å². The van der Waals surface area contributed by atoms with Crippen molar-refractivity contribution in [1.29, 1.82) is 0 Å². The van der Waals surface area contributed by atoms with Crippen molar-refractivity contribution in [2.24, 2.45) is 11.7 Å². The predicted octanol–water partition coefficient (Wildman–Crippen LogP) is 0.521. The zero-order valence-electron chi connectivity index (χ0n) is 17.7. The number of nitrogens with zero attached hydrogens (tertiary/aromatic N) is 2. The van der Waals surface area contributed by atoms with Gasteiger partial charge in [-0.3, -0.25) is 19.3 Å². The fraction of sp³-hybridized carbons (Fsp3) is 0.842. The summed E-state index contributed by atoms with van der Waals surface area (Å²) in [7, 11) is 0. The Morgan fingerprint density at radius 3 is 2.03 bits per heavy atom. The third kappa shape index (κ3) is 8.28. The maximum Gasteiger partial charge on any atom is 0.242 e. The highest BCUT2D eigenvalue weighted by molar-refractivity contribution is 5.87. The molecule has 3 amide bonds. The van der Waals surface area contributed by atoms with Gasteiger partial charge in [0, 0.05) is 32.2 Å². The van der Waals surface area contributed by atoms with E-state index in [1.807, 2.05) is 20.8 Å². The van der Waals surface area contributed by atoms with Crippen molar-refractivity contribution < 1.29 is 14.4 Å². The van der Waals surface area contributed by atoms with Crippen molar-refractivity contribution in [1.82, 2.24) is 20.4 Å². The van der Waals surface area contributed by atoms with Crippen LogP contribution in [-0.4, -0.2) is 78.4 Å². The molecule has 2 aliphatic rings. The molecule has 1 saturated heterocycles. The van der Waals surface area contributed by atoms with Crippen LogP contribution in [0.4, 0.5) is 0 Å². The van der Waals surface area contributed by atoms with Gasteiger partial charge < -0.3 is 21.3 Å². The predicted molar refractivity (Wildman–Crippen MR) is 118 cm³/mol. The van der Waals surface area contributed by atoms with Crippen molar-refractivity contribution in [3.05, 3.63) is 0 Å². The van der Waals surface area contributed by atoms with Gasteiger partial charge in [-0.1, -0.05) is 26.7 Å². The summed E-state index contributed by atoms with van der Waals surface area (Å²) in [6.45, 7) is 8.07. The number of amides is 3. The number of hydrogen-bond donors (Lipinski definition) is 3. The van der Waals surface area contributed by atoms with E-state index in [9.17, 15) is 14.4 Å². The van der Waals surface area contributed by atoms with E-state index >= 15 is 0 Å². The van der Waals surface area contributed by atoms with E-state index in [1.165, 1.54) is 12.8 Å². The van der Waals surface area contributed by atoms with Crippen LogP contribution < -0.4 is 16.4 Å². The number of carbonyl (C=O) groups excluding carboxylic acids is 3. The summed E-state index contributed by atoms with van der Waals surface area (Å²) in [6, 6.07) is -0.468. The third-order valence-electron chi connectivity index (χ3n) is 5.73. The molecule has 0 aromatic carbocycles. The highest BCUT2D eigenvalue weighted by Crippen LogP contribution is 2.18. The zero-order chi connectivity index (χ0) is 20.0. The van der Waals surface area contributed by atoms with Crippen molar-refractivity contribution in [2.45, 2.75) is 64.6 Å². The van der Waals surface area contributed by atoms with Gasteiger partial charge in [-0.25, -0.2) is 0 Å². The van der Waals surface area contributed by atoms with Crippen LogP contribution in [0.5, 0.6) is 0 Å². The Labute approximate surface area is 186 Å². The first-order chi connectivity index (χ1) is 12.8. The van der Waals surface area contributed by atoms with E-state index < -0.39 is 6.04 Å². The van der Waals surface area contributed by atoms with Crippen molar-refractivity contribution in [3.63, 3.8) is 0 Å². The van der Waals surface area contributed by atoms with Gasteiger partial charge in [0.25, 0.3) is 0 Å². The van der Waals surface area contributed by atoms with Gasteiger partial charge in [0.15, 0.2) is 0 Å². The molecule has 1 aliphatic heterocycles. The Balaban J connectivity index is 0.00000392. The van der Waals surface area contributed by atoms with Crippen LogP contribution in [0, 0.1) is 5.92 Å². The van der Waals surface area contributed by atoms with Gasteiger partial charge in [0.2, 0.25) is 17.7 Å². The lowest BCUT2D eigenvalue weighted by Crippen LogP contribution is -2.57. The van der Waals surface area contributed by atoms with E-state index in [0.717, 1.165) is 12.8 Å². The molecule has 1 saturated carbocycles. The van der Waals surface area contributed by atoms with Crippen LogP contribution in [0.15, 0.2) is 0 Å². The molecule has 2 rings (SSSR count). The number of piperazine rings is 1. The molecule has 2 fully saturated rings. The Morgan fingerprint density at radius 1 is 0.966 bits per heavy atom. The second-order valence-electron chi connectivity index (χ2n) is 8.07. The van der Waals surface area contributed by atoms with Gasteiger partial charge in [-0.05, 0) is 25.7 Å². The number of halogens is 2. The van der Waals surface area contributed by atoms with E-state index in [4.69, 9.17) is 5.73 Å². The molecule has 2 atom stereocenters. The number of nitrogens with two attached hydrogens (primary N) is 1. The van der Waals surface area contributed by atoms with Crippen molar-refractivity contribution in [2.75, 3.05) is 32.7 Å². The fourth-order valence-corrected chi connectivity index (χ4v) is 3.61. The van der Waals surface area contributed by atoms with Crippen LogP contribution in [0.1, 0.15) is 46.5 Å². The smallest absolute Gasteiger partial charge is 0.242 e. The molecule has 0 aromatic heterocycles. The monoisotopic (exact) mass is 453 g/mol. The molecule has 0 radical (unpaired) electrons. The van der Waals surface area contributed by atoms with E-state index in [-0.39, 0.29) is 61.0 Å². The highest BCUT2D eigenvalue weighted by atomic mass is 35.5. The zero-order valence-corrected chi connectivity index (χ0v) is 19.3. The first kappa shape index (κ1) is 27.9. The molecule has 170 valence electrons. The Kier molecular flexibility index (Phi) is 12.8. The van der Waals surface area contributed by atoms with Crippen LogP contribution in [0.2, 0.25) is 0 Å². The van der Waals surface area contributed by atoms with Crippen LogP contribution in [-0.2, 0) is 14.4 Å². The summed E-state index contributed by atoms with van der Waals surface area (Å²) >= 11 is 0. The molecule has 10 heteroatoms. The first-order valence-corrected chi connectivity index (χ1v) is 10.1. The second-order valence-corrected chi connectivity index (χ2v) is 8.07. The molecule has 0 spiro atoms. The molecule has 1 unspecified atom stereocenters. The number of carbonyl (C=O) groups is 3. The summed E-state index contributed by atoms with van der Waals surface area (Å²) < 4.78 is 0. The Morgan fingerprint density at radius 2 is 1.52 bits per heavy atom. The standard InChI is InChI=1S/C19H35N5O3.2ClH/c1-13(2)17(20)19(27)21-12-16(25)24-10-8-23(9-11-24)14(3)18(26)22-15-6-4-5-7-15;;/h13-15,17H,4-12,20H2,1-3H3,(H,21,27)(H,22,26);2*1H/t14?,17-;;/m0../s1. The second kappa shape index (κ2) is 13.3. The molecular formula is C19H37Cl2N5O3. The molecule has 1 aliphatic carbocycles. The SMILES string of the molecule is CC(C)[C@H](N)C(=O)NCC(=O)N1CCN(C(C)C(=O)NC2CCCC2)CC1.Cl.Cl. The average Bonchev–Trinajstić information content (AvgIpc) is 3.17. The van der Waals surface area contributed by atoms with Gasteiger partial charge in [0.05, 0.1) is 18.6 Å². The molecular weight excluding hydrogens is 417 g/mol. The lowest BCUT2D eigenvalue weighted by molar-refractivity contribution is -0.136. The summed E-state index contributed by atoms with van der Waals surface area (Å²) in [4.78, 5) is 40.4. The minimum atomic E-state index is -0.603. The largest absolute Gasteiger partial charge is 0.352 e. The summed E-state index contributed by atoms with van der Waals surface area (Å²) in [6.07, 6.45) is 4.54. The number of rotatable bonds is 7. The molecule has 1 heterocycles. The van der Waals surface area contributed by atoms with Crippen molar-refractivity contribution in [3.8, 4) is 0 Å². The lowest BCUT2D eigenvalue weighted by atomic mass is 10.1. The maximum absolute atomic E-state index is 12.4. The van der Waals surface area contributed by atoms with E-state index in [0.29, 0.717) is 32.2 Å². The normalized spacial score (nSPS) is 19.7. The van der Waals surface area contributed by atoms with Crippen LogP contribution in [0.3, 0.4) is 0 Å². The fourth-order valence-electron chi connectivity index (χ4n) is 3.61. The number of nitrogens with one attached hydrogen (secondary N) is 2. The Bertz CT molecular complexity index is 536. The molecule has 0 aromatic rings. The molecule has 4 N–H and O–H groups in total. The summed E-state index contributed by atoms with van der Waals surface area (Å²) in [5.74, 6) is -0.298. The van der Waals surface area contributed by atoms with Crippen LogP contribution >= 0.6 is 24.8 Å². The molecule has 8 nitrogen and oxygen atoms in total. The molecule has 0 bridgehead atoms. The lowest BCUT2D eigenvalue weighted by Gasteiger charge is -2.37. The van der Waals surface area contributed by atoms with Gasteiger partial charge in [-0.2, -0.15) is 0 Å². The molecule has 29 heavy (non-hydrogen) atoms. The topological polar surface area (TPSA) is 108 Å². The average molecular weight is 454 g/mol. The summed E-state index contributed by atoms with van der Waals surface area (Å²) in [5.41, 5.74) is 5.78. The first-order valence-electron chi connectivity index (χ1n) is 10.1. The van der Waals surface area contributed by atoms with E-state index in [1.54, 1.807) is 4.90 Å². The van der Waals surface area contributed by atoms with Gasteiger partial charge in [0.1, 0.15) is 0 Å². The van der Waals surface area contributed by atoms with Gasteiger partial charge >= 0.3 is 0 Å². The quantitative estimate of drug-likeness (QED) is 0.520. The minimum absolute atomic E-state index is 0. The highest BCUT2D eigenvalue weighted by Gasteiger charge is 2.29. The summed E-state index contributed by atoms with van der Waals surface area (Å²) in [5, 5.41) is 5.76. The van der Waals surface area contributed by atoms with Crippen molar-refractivity contribution >= 4 is 42.5 Å². The van der Waals surface area contributed by atoms with E-state index in [2.05, 4.69) is 15.5 Å².